The van der Waals surface area contributed by atoms with Crippen LogP contribution in [0.3, 0.4) is 0 Å². The number of benzene rings is 2. The van der Waals surface area contributed by atoms with E-state index in [4.69, 9.17) is 9.72 Å². The number of rotatable bonds is 7. The van der Waals surface area contributed by atoms with Crippen molar-refractivity contribution in [3.05, 3.63) is 54.4 Å². The number of aromatic nitrogens is 2. The van der Waals surface area contributed by atoms with Gasteiger partial charge in [-0.05, 0) is 30.3 Å². The molecule has 0 unspecified atom stereocenters. The second kappa shape index (κ2) is 10.0. The number of anilines is 1. The number of amides is 2. The fourth-order valence-corrected chi connectivity index (χ4v) is 4.02. The molecule has 33 heavy (non-hydrogen) atoms. The van der Waals surface area contributed by atoms with Crippen LogP contribution in [0.15, 0.2) is 48.5 Å². The first-order valence-electron chi connectivity index (χ1n) is 11.3. The van der Waals surface area contributed by atoms with E-state index in [1.165, 1.54) is 0 Å². The summed E-state index contributed by atoms with van der Waals surface area (Å²) in [5.74, 6) is 1.66. The van der Waals surface area contributed by atoms with Crippen molar-refractivity contribution in [2.75, 3.05) is 38.1 Å². The van der Waals surface area contributed by atoms with Crippen LogP contribution < -0.4 is 10.1 Å². The minimum absolute atomic E-state index is 0.0379. The van der Waals surface area contributed by atoms with Crippen LogP contribution in [-0.2, 0) is 23.2 Å². The Morgan fingerprint density at radius 2 is 1.79 bits per heavy atom. The third kappa shape index (κ3) is 5.51. The summed E-state index contributed by atoms with van der Waals surface area (Å²) in [5.41, 5.74) is 2.54. The normalized spacial score (nSPS) is 14.6. The predicted octanol–water partition coefficient (Wildman–Crippen LogP) is 2.89. The molecule has 1 saturated heterocycles. The lowest BCUT2D eigenvalue weighted by molar-refractivity contribution is -0.136. The van der Waals surface area contributed by atoms with E-state index >= 15 is 0 Å². The van der Waals surface area contributed by atoms with Crippen LogP contribution in [0.2, 0.25) is 0 Å². The van der Waals surface area contributed by atoms with Crippen LogP contribution in [0, 0.1) is 5.92 Å². The van der Waals surface area contributed by atoms with E-state index in [9.17, 15) is 9.59 Å². The Labute approximate surface area is 194 Å². The summed E-state index contributed by atoms with van der Waals surface area (Å²) in [7, 11) is 2.01. The molecule has 0 bridgehead atoms. The minimum Gasteiger partial charge on any atom is -0.484 e. The van der Waals surface area contributed by atoms with E-state index < -0.39 is 0 Å². The zero-order chi connectivity index (χ0) is 23.4. The van der Waals surface area contributed by atoms with E-state index in [-0.39, 0.29) is 24.3 Å². The Hall–Kier alpha value is -3.39. The number of carbonyl (C=O) groups excluding carboxylic acids is 2. The van der Waals surface area contributed by atoms with Crippen LogP contribution in [0.4, 0.5) is 5.69 Å². The Morgan fingerprint density at radius 3 is 2.48 bits per heavy atom. The van der Waals surface area contributed by atoms with E-state index in [1.54, 1.807) is 0 Å². The number of hydrogen-bond donors (Lipinski definition) is 1. The molecule has 1 aliphatic heterocycles. The number of ether oxygens (including phenoxy) is 1. The molecule has 4 rings (SSSR count). The number of hydrogen-bond acceptors (Lipinski definition) is 5. The largest absolute Gasteiger partial charge is 0.484 e. The molecule has 0 aliphatic carbocycles. The number of nitrogens with one attached hydrogen (secondary N) is 1. The first kappa shape index (κ1) is 22.8. The topological polar surface area (TPSA) is 79.7 Å². The fraction of sp³-hybridized carbons (Fsp3) is 0.400. The number of carbonyl (C=O) groups is 2. The third-order valence-corrected chi connectivity index (χ3v) is 5.91. The smallest absolute Gasteiger partial charge is 0.262 e. The Kier molecular flexibility index (Phi) is 6.93. The monoisotopic (exact) mass is 449 g/mol. The molecule has 1 aromatic heterocycles. The molecule has 2 heterocycles. The van der Waals surface area contributed by atoms with E-state index in [1.807, 2.05) is 74.3 Å². The molecule has 2 amide bonds. The van der Waals surface area contributed by atoms with Crippen molar-refractivity contribution >= 4 is 28.5 Å². The highest BCUT2D eigenvalue weighted by Gasteiger charge is 2.23. The molecule has 3 aromatic rings. The van der Waals surface area contributed by atoms with Crippen molar-refractivity contribution in [1.82, 2.24) is 19.4 Å². The molecular formula is C25H31N5O3. The van der Waals surface area contributed by atoms with Crippen molar-refractivity contribution in [3.63, 3.8) is 0 Å². The average Bonchev–Trinajstić information content (AvgIpc) is 3.12. The Morgan fingerprint density at radius 1 is 1.06 bits per heavy atom. The second-order valence-electron chi connectivity index (χ2n) is 8.70. The lowest BCUT2D eigenvalue weighted by Crippen LogP contribution is -2.49. The maximum atomic E-state index is 12.3. The maximum absolute atomic E-state index is 12.3. The molecule has 1 aliphatic rings. The molecule has 0 saturated carbocycles. The van der Waals surface area contributed by atoms with Gasteiger partial charge in [-0.2, -0.15) is 0 Å². The molecular weight excluding hydrogens is 418 g/mol. The molecule has 1 N–H and O–H groups in total. The number of aryl methyl sites for hydroxylation is 1. The van der Waals surface area contributed by atoms with Crippen LogP contribution in [-0.4, -0.2) is 64.0 Å². The van der Waals surface area contributed by atoms with Gasteiger partial charge in [0.25, 0.3) is 5.91 Å². The van der Waals surface area contributed by atoms with Gasteiger partial charge >= 0.3 is 0 Å². The zero-order valence-electron chi connectivity index (χ0n) is 19.5. The van der Waals surface area contributed by atoms with E-state index in [0.717, 1.165) is 49.6 Å². The lowest BCUT2D eigenvalue weighted by Gasteiger charge is -2.35. The molecule has 8 heteroatoms. The highest BCUT2D eigenvalue weighted by atomic mass is 16.5. The first-order valence-corrected chi connectivity index (χ1v) is 11.3. The van der Waals surface area contributed by atoms with Gasteiger partial charge in [-0.15, -0.1) is 0 Å². The van der Waals surface area contributed by atoms with Crippen molar-refractivity contribution < 1.29 is 14.3 Å². The van der Waals surface area contributed by atoms with Crippen LogP contribution >= 0.6 is 0 Å². The molecule has 0 radical (unpaired) electrons. The van der Waals surface area contributed by atoms with Gasteiger partial charge in [0, 0.05) is 44.8 Å². The van der Waals surface area contributed by atoms with Gasteiger partial charge in [0.1, 0.15) is 11.6 Å². The lowest BCUT2D eigenvalue weighted by atomic mass is 10.1. The molecule has 0 spiro atoms. The average molecular weight is 450 g/mol. The Bertz CT molecular complexity index is 1120. The highest BCUT2D eigenvalue weighted by molar-refractivity contribution is 5.94. The number of nitrogens with zero attached hydrogens (tertiary/aromatic N) is 4. The molecule has 8 nitrogen and oxygen atoms in total. The molecule has 174 valence electrons. The van der Waals surface area contributed by atoms with Crippen molar-refractivity contribution in [3.8, 4) is 5.75 Å². The van der Waals surface area contributed by atoms with Crippen LogP contribution in [0.5, 0.6) is 5.75 Å². The van der Waals surface area contributed by atoms with E-state index in [2.05, 4.69) is 14.8 Å². The summed E-state index contributed by atoms with van der Waals surface area (Å²) in [4.78, 5) is 33.6. The van der Waals surface area contributed by atoms with Crippen LogP contribution in [0.25, 0.3) is 11.0 Å². The number of imidazole rings is 1. The number of fused-ring (bicyclic) bond motifs is 1. The summed E-state index contributed by atoms with van der Waals surface area (Å²) in [6, 6.07) is 15.0. The van der Waals surface area contributed by atoms with Crippen molar-refractivity contribution in [1.29, 1.82) is 0 Å². The zero-order valence-corrected chi connectivity index (χ0v) is 19.5. The summed E-state index contributed by atoms with van der Waals surface area (Å²) in [6.45, 7) is 7.74. The summed E-state index contributed by atoms with van der Waals surface area (Å²) < 4.78 is 7.60. The number of piperazine rings is 1. The second-order valence-corrected chi connectivity index (χ2v) is 8.70. The summed E-state index contributed by atoms with van der Waals surface area (Å²) in [5, 5.41) is 2.88. The maximum Gasteiger partial charge on any atom is 0.262 e. The third-order valence-electron chi connectivity index (χ3n) is 5.91. The quantitative estimate of drug-likeness (QED) is 0.600. The summed E-state index contributed by atoms with van der Waals surface area (Å²) >= 11 is 0. The van der Waals surface area contributed by atoms with Gasteiger partial charge in [-0.1, -0.05) is 32.0 Å². The predicted molar refractivity (Wildman–Crippen MR) is 128 cm³/mol. The number of para-hydroxylation sites is 1. The van der Waals surface area contributed by atoms with E-state index in [0.29, 0.717) is 11.4 Å². The minimum atomic E-state index is -0.219. The van der Waals surface area contributed by atoms with Gasteiger partial charge in [-0.25, -0.2) is 4.98 Å². The van der Waals surface area contributed by atoms with Crippen LogP contribution in [0.1, 0.15) is 19.7 Å². The van der Waals surface area contributed by atoms with Gasteiger partial charge in [0.05, 0.1) is 17.6 Å². The van der Waals surface area contributed by atoms with Gasteiger partial charge < -0.3 is 19.5 Å². The van der Waals surface area contributed by atoms with Gasteiger partial charge in [-0.3, -0.25) is 14.5 Å². The molecule has 1 fully saturated rings. The standard InChI is InChI=1S/C25H31N5O3/c1-18(2)25(32)30-13-11-29(12-14-30)16-23-27-21-15-19(9-10-22(21)28(23)3)26-24(31)17-33-20-7-5-4-6-8-20/h4-10,15,18H,11-14,16-17H2,1-3H3,(H,26,31). The molecule has 0 atom stereocenters. The fourth-order valence-electron chi connectivity index (χ4n) is 4.02. The summed E-state index contributed by atoms with van der Waals surface area (Å²) in [6.07, 6.45) is 0. The van der Waals surface area contributed by atoms with Gasteiger partial charge in [0.15, 0.2) is 6.61 Å². The molecule has 2 aromatic carbocycles. The SMILES string of the molecule is CC(C)C(=O)N1CCN(Cc2nc3cc(NC(=O)COc4ccccc4)ccc3n2C)CC1. The Balaban J connectivity index is 1.36. The van der Waals surface area contributed by atoms with Crippen molar-refractivity contribution in [2.45, 2.75) is 20.4 Å². The first-order chi connectivity index (χ1) is 15.9. The highest BCUT2D eigenvalue weighted by Crippen LogP contribution is 2.21. The van der Waals surface area contributed by atoms with Crippen molar-refractivity contribution in [2.24, 2.45) is 13.0 Å². The van der Waals surface area contributed by atoms with Gasteiger partial charge in [0.2, 0.25) is 5.91 Å².